The van der Waals surface area contributed by atoms with E-state index in [9.17, 15) is 18.0 Å². The molecule has 0 radical (unpaired) electrons. The van der Waals surface area contributed by atoms with Gasteiger partial charge in [-0.15, -0.1) is 0 Å². The maximum atomic E-state index is 13.2. The van der Waals surface area contributed by atoms with E-state index >= 15 is 0 Å². The summed E-state index contributed by atoms with van der Waals surface area (Å²) in [6, 6.07) is 10.8. The highest BCUT2D eigenvalue weighted by molar-refractivity contribution is 6.35. The van der Waals surface area contributed by atoms with Crippen molar-refractivity contribution in [2.45, 2.75) is 25.6 Å². The summed E-state index contributed by atoms with van der Waals surface area (Å²) in [5.41, 5.74) is 0.881. The maximum absolute atomic E-state index is 13.2. The van der Waals surface area contributed by atoms with Crippen molar-refractivity contribution in [1.82, 2.24) is 9.80 Å². The lowest BCUT2D eigenvalue weighted by molar-refractivity contribution is -0.138. The van der Waals surface area contributed by atoms with Crippen LogP contribution < -0.4 is 4.90 Å². The first-order chi connectivity index (χ1) is 15.7. The molecule has 1 unspecified atom stereocenters. The van der Waals surface area contributed by atoms with Crippen LogP contribution in [-0.2, 0) is 17.5 Å². The number of nitrogens with zero attached hydrogens (tertiary/aromatic N) is 3. The molecular weight excluding hydrogens is 474 g/mol. The second kappa shape index (κ2) is 10.1. The first-order valence-corrected chi connectivity index (χ1v) is 11.8. The molecule has 1 atom stereocenters. The summed E-state index contributed by atoms with van der Waals surface area (Å²) >= 11 is 12.3. The van der Waals surface area contributed by atoms with E-state index in [0.717, 1.165) is 31.0 Å². The number of piperazine rings is 1. The minimum absolute atomic E-state index is 0.0788. The van der Waals surface area contributed by atoms with Crippen molar-refractivity contribution in [2.75, 3.05) is 44.2 Å². The number of carbonyl (C=O) groups excluding carboxylic acids is 1. The molecule has 0 aromatic heterocycles. The van der Waals surface area contributed by atoms with Crippen molar-refractivity contribution in [2.24, 2.45) is 5.92 Å². The average Bonchev–Trinajstić information content (AvgIpc) is 2.80. The van der Waals surface area contributed by atoms with Gasteiger partial charge in [-0.1, -0.05) is 35.3 Å². The Bertz CT molecular complexity index is 993. The molecule has 2 aliphatic rings. The summed E-state index contributed by atoms with van der Waals surface area (Å²) < 4.78 is 39.1. The third-order valence-corrected chi connectivity index (χ3v) is 6.98. The second-order valence-electron chi connectivity index (χ2n) is 8.67. The fourth-order valence-corrected chi connectivity index (χ4v) is 5.08. The Kier molecular flexibility index (Phi) is 7.41. The second-order valence-corrected chi connectivity index (χ2v) is 9.51. The number of likely N-dealkylation sites (tertiary alicyclic amines) is 1. The summed E-state index contributed by atoms with van der Waals surface area (Å²) in [6.07, 6.45) is -2.58. The van der Waals surface area contributed by atoms with Gasteiger partial charge in [-0.05, 0) is 55.3 Å². The van der Waals surface area contributed by atoms with Crippen LogP contribution in [0.4, 0.5) is 18.9 Å². The first kappa shape index (κ1) is 24.2. The van der Waals surface area contributed by atoms with Crippen molar-refractivity contribution >= 4 is 34.8 Å². The molecule has 2 fully saturated rings. The van der Waals surface area contributed by atoms with Crippen LogP contribution in [0.2, 0.25) is 10.0 Å². The Morgan fingerprint density at radius 3 is 2.45 bits per heavy atom. The van der Waals surface area contributed by atoms with Gasteiger partial charge in [-0.3, -0.25) is 9.69 Å². The number of anilines is 1. The summed E-state index contributed by atoms with van der Waals surface area (Å²) in [4.78, 5) is 19.2. The Morgan fingerprint density at radius 2 is 1.76 bits per heavy atom. The van der Waals surface area contributed by atoms with E-state index in [4.69, 9.17) is 23.2 Å². The summed E-state index contributed by atoms with van der Waals surface area (Å²) in [6.45, 7) is 4.30. The zero-order chi connectivity index (χ0) is 23.6. The molecular formula is C24H26Cl2F3N3O. The van der Waals surface area contributed by atoms with Gasteiger partial charge in [-0.2, -0.15) is 13.2 Å². The third kappa shape index (κ3) is 5.94. The molecule has 0 aliphatic carbocycles. The molecule has 4 nitrogen and oxygen atoms in total. The van der Waals surface area contributed by atoms with Gasteiger partial charge in [0.2, 0.25) is 5.91 Å². The van der Waals surface area contributed by atoms with E-state index in [1.54, 1.807) is 12.1 Å². The first-order valence-electron chi connectivity index (χ1n) is 11.1. The molecule has 33 heavy (non-hydrogen) atoms. The quantitative estimate of drug-likeness (QED) is 0.549. The van der Waals surface area contributed by atoms with Crippen LogP contribution in [0.5, 0.6) is 0 Å². The van der Waals surface area contributed by atoms with Crippen molar-refractivity contribution in [3.8, 4) is 0 Å². The van der Waals surface area contributed by atoms with Crippen LogP contribution in [-0.4, -0.2) is 55.0 Å². The third-order valence-electron chi connectivity index (χ3n) is 6.39. The molecule has 1 amide bonds. The summed E-state index contributed by atoms with van der Waals surface area (Å²) in [5, 5.41) is 1.22. The fraction of sp³-hybridized carbons (Fsp3) is 0.458. The van der Waals surface area contributed by atoms with Crippen molar-refractivity contribution in [3.63, 3.8) is 0 Å². The molecule has 0 saturated carbocycles. The van der Waals surface area contributed by atoms with Crippen LogP contribution in [0.1, 0.15) is 24.0 Å². The highest BCUT2D eigenvalue weighted by Gasteiger charge is 2.33. The smallest absolute Gasteiger partial charge is 0.368 e. The van der Waals surface area contributed by atoms with Gasteiger partial charge in [-0.25, -0.2) is 0 Å². The largest absolute Gasteiger partial charge is 0.416 e. The molecule has 2 aromatic carbocycles. The zero-order valence-corrected chi connectivity index (χ0v) is 19.6. The average molecular weight is 500 g/mol. The fourth-order valence-electron chi connectivity index (χ4n) is 4.61. The van der Waals surface area contributed by atoms with Gasteiger partial charge in [0.05, 0.1) is 11.5 Å². The predicted molar refractivity (Wildman–Crippen MR) is 125 cm³/mol. The van der Waals surface area contributed by atoms with Crippen LogP contribution in [0.15, 0.2) is 42.5 Å². The van der Waals surface area contributed by atoms with Crippen LogP contribution in [0.25, 0.3) is 0 Å². The highest BCUT2D eigenvalue weighted by Crippen LogP contribution is 2.32. The van der Waals surface area contributed by atoms with Gasteiger partial charge in [0.15, 0.2) is 0 Å². The van der Waals surface area contributed by atoms with E-state index in [1.165, 1.54) is 12.1 Å². The predicted octanol–water partition coefficient (Wildman–Crippen LogP) is 5.57. The standard InChI is InChI=1S/C24H26Cl2F3N3O/c25-20-7-6-17(22(26)14-20)15-30-8-2-3-18(16-30)23(33)32-11-9-31(10-12-32)21-5-1-4-19(13-21)24(27,28)29/h1,4-7,13-14,18H,2-3,8-12,15-16H2. The number of carbonyl (C=O) groups is 1. The number of piperidine rings is 1. The summed E-state index contributed by atoms with van der Waals surface area (Å²) in [7, 11) is 0. The molecule has 9 heteroatoms. The number of hydrogen-bond acceptors (Lipinski definition) is 3. The van der Waals surface area contributed by atoms with E-state index in [-0.39, 0.29) is 11.8 Å². The minimum atomic E-state index is -4.36. The lowest BCUT2D eigenvalue weighted by Gasteiger charge is -2.40. The van der Waals surface area contributed by atoms with Crippen molar-refractivity contribution in [3.05, 3.63) is 63.6 Å². The molecule has 2 heterocycles. The summed E-state index contributed by atoms with van der Waals surface area (Å²) in [5.74, 6) is 0.0514. The molecule has 4 rings (SSSR count). The van der Waals surface area contributed by atoms with Gasteiger partial charge in [0.1, 0.15) is 0 Å². The van der Waals surface area contributed by atoms with Crippen LogP contribution in [0, 0.1) is 5.92 Å². The van der Waals surface area contributed by atoms with Gasteiger partial charge in [0, 0.05) is 55.0 Å². The SMILES string of the molecule is O=C(C1CCCN(Cc2ccc(Cl)cc2Cl)C1)N1CCN(c2cccc(C(F)(F)F)c2)CC1. The lowest BCUT2D eigenvalue weighted by atomic mass is 9.95. The number of rotatable bonds is 4. The minimum Gasteiger partial charge on any atom is -0.368 e. The Hall–Kier alpha value is -1.96. The Morgan fingerprint density at radius 1 is 1.00 bits per heavy atom. The normalized spacial score (nSPS) is 20.2. The Balaban J connectivity index is 1.33. The molecule has 0 spiro atoms. The van der Waals surface area contributed by atoms with E-state index in [2.05, 4.69) is 4.90 Å². The number of alkyl halides is 3. The van der Waals surface area contributed by atoms with Crippen LogP contribution >= 0.6 is 23.2 Å². The molecule has 2 saturated heterocycles. The molecule has 178 valence electrons. The van der Waals surface area contributed by atoms with E-state index in [1.807, 2.05) is 21.9 Å². The highest BCUT2D eigenvalue weighted by atomic mass is 35.5. The molecule has 2 aromatic rings. The lowest BCUT2D eigenvalue weighted by Crippen LogP contribution is -2.52. The van der Waals surface area contributed by atoms with Crippen LogP contribution in [0.3, 0.4) is 0 Å². The number of amides is 1. The zero-order valence-electron chi connectivity index (χ0n) is 18.1. The van der Waals surface area contributed by atoms with Gasteiger partial charge >= 0.3 is 6.18 Å². The number of benzene rings is 2. The number of hydrogen-bond donors (Lipinski definition) is 0. The van der Waals surface area contributed by atoms with Crippen molar-refractivity contribution < 1.29 is 18.0 Å². The van der Waals surface area contributed by atoms with Gasteiger partial charge < -0.3 is 9.80 Å². The maximum Gasteiger partial charge on any atom is 0.416 e. The van der Waals surface area contributed by atoms with E-state index in [0.29, 0.717) is 55.0 Å². The molecule has 0 bridgehead atoms. The van der Waals surface area contributed by atoms with Gasteiger partial charge in [0.25, 0.3) is 0 Å². The number of halogens is 5. The monoisotopic (exact) mass is 499 g/mol. The van der Waals surface area contributed by atoms with E-state index < -0.39 is 11.7 Å². The topological polar surface area (TPSA) is 26.8 Å². The molecule has 0 N–H and O–H groups in total. The Labute approximate surface area is 201 Å². The van der Waals surface area contributed by atoms with Crippen molar-refractivity contribution in [1.29, 1.82) is 0 Å². The molecule has 2 aliphatic heterocycles.